The molecule has 3 rings (SSSR count). The summed E-state index contributed by atoms with van der Waals surface area (Å²) in [5, 5.41) is 11.7. The van der Waals surface area contributed by atoms with Gasteiger partial charge in [0.2, 0.25) is 5.95 Å². The molecule has 138 valence electrons. The maximum absolute atomic E-state index is 11.0. The molecule has 1 amide bonds. The lowest BCUT2D eigenvalue weighted by atomic mass is 9.89. The molecule has 1 aliphatic rings. The van der Waals surface area contributed by atoms with Crippen molar-refractivity contribution in [3.8, 4) is 0 Å². The molecule has 2 aromatic rings. The Morgan fingerprint density at radius 1 is 1.38 bits per heavy atom. The van der Waals surface area contributed by atoms with E-state index in [1.807, 2.05) is 13.0 Å². The summed E-state index contributed by atoms with van der Waals surface area (Å²) in [7, 11) is 0. The van der Waals surface area contributed by atoms with Gasteiger partial charge in [-0.25, -0.2) is 15.4 Å². The first kappa shape index (κ1) is 18.1. The van der Waals surface area contributed by atoms with Gasteiger partial charge in [-0.3, -0.25) is 10.0 Å². The highest BCUT2D eigenvalue weighted by molar-refractivity contribution is 5.90. The number of nitrogens with one attached hydrogen (secondary N) is 2. The lowest BCUT2D eigenvalue weighted by Crippen LogP contribution is -2.14. The summed E-state index contributed by atoms with van der Waals surface area (Å²) in [6.07, 6.45) is 15.3. The van der Waals surface area contributed by atoms with E-state index in [-0.39, 0.29) is 0 Å². The standard InChI is InChI=1S/C19H25N5O2/c1-14-16(7-8-18(25)23-26)11-20-19(21-14)22-17-9-10-24(13-17)12-15-5-3-2-4-6-15/h7-11,13,15,26H,2-6,12H2,1H3,(H,23,25)(H,20,21,22). The van der Waals surface area contributed by atoms with E-state index in [1.165, 1.54) is 38.2 Å². The van der Waals surface area contributed by atoms with Crippen molar-refractivity contribution in [3.05, 3.63) is 42.0 Å². The number of carbonyl (C=O) groups is 1. The SMILES string of the molecule is Cc1nc(Nc2ccn(CC3CCCCC3)c2)ncc1C=CC(=O)NO. The summed E-state index contributed by atoms with van der Waals surface area (Å²) in [5.74, 6) is 0.706. The summed E-state index contributed by atoms with van der Waals surface area (Å²) >= 11 is 0. The van der Waals surface area contributed by atoms with Crippen LogP contribution >= 0.6 is 0 Å². The number of hydrogen-bond donors (Lipinski definition) is 3. The number of carbonyl (C=O) groups excluding carboxylic acids is 1. The molecular formula is C19H25N5O2. The van der Waals surface area contributed by atoms with Crippen LogP contribution in [-0.4, -0.2) is 25.6 Å². The van der Waals surface area contributed by atoms with Crippen molar-refractivity contribution in [1.82, 2.24) is 20.0 Å². The van der Waals surface area contributed by atoms with Crippen LogP contribution in [0.5, 0.6) is 0 Å². The van der Waals surface area contributed by atoms with Crippen LogP contribution in [0.2, 0.25) is 0 Å². The first-order chi connectivity index (χ1) is 12.6. The molecule has 1 aliphatic carbocycles. The van der Waals surface area contributed by atoms with Crippen LogP contribution in [-0.2, 0) is 11.3 Å². The van der Waals surface area contributed by atoms with Gasteiger partial charge in [0.05, 0.1) is 11.4 Å². The first-order valence-electron chi connectivity index (χ1n) is 9.02. The summed E-state index contributed by atoms with van der Waals surface area (Å²) in [5.41, 5.74) is 3.97. The summed E-state index contributed by atoms with van der Waals surface area (Å²) in [6, 6.07) is 2.03. The van der Waals surface area contributed by atoms with E-state index in [1.54, 1.807) is 17.8 Å². The summed E-state index contributed by atoms with van der Waals surface area (Å²) in [4.78, 5) is 19.8. The highest BCUT2D eigenvalue weighted by atomic mass is 16.5. The number of aryl methyl sites for hydroxylation is 1. The first-order valence-corrected chi connectivity index (χ1v) is 9.02. The minimum absolute atomic E-state index is 0.515. The molecule has 0 spiro atoms. The van der Waals surface area contributed by atoms with Crippen molar-refractivity contribution in [1.29, 1.82) is 0 Å². The zero-order chi connectivity index (χ0) is 18.4. The molecule has 1 fully saturated rings. The summed E-state index contributed by atoms with van der Waals surface area (Å²) < 4.78 is 2.23. The van der Waals surface area contributed by atoms with Gasteiger partial charge >= 0.3 is 0 Å². The Hall–Kier alpha value is -2.67. The third-order valence-electron chi connectivity index (χ3n) is 4.74. The monoisotopic (exact) mass is 355 g/mol. The van der Waals surface area contributed by atoms with Crippen molar-refractivity contribution in [2.75, 3.05) is 5.32 Å². The maximum atomic E-state index is 11.0. The smallest absolute Gasteiger partial charge is 0.267 e. The Kier molecular flexibility index (Phi) is 6.01. The lowest BCUT2D eigenvalue weighted by molar-refractivity contribution is -0.124. The van der Waals surface area contributed by atoms with Gasteiger partial charge in [-0.1, -0.05) is 19.3 Å². The van der Waals surface area contributed by atoms with E-state index in [0.29, 0.717) is 11.5 Å². The molecule has 0 radical (unpaired) electrons. The minimum atomic E-state index is -0.592. The van der Waals surface area contributed by atoms with Crippen LogP contribution in [0.4, 0.5) is 11.6 Å². The topological polar surface area (TPSA) is 92.1 Å². The molecule has 2 heterocycles. The van der Waals surface area contributed by atoms with Crippen molar-refractivity contribution in [2.45, 2.75) is 45.6 Å². The largest absolute Gasteiger partial charge is 0.352 e. The molecule has 0 aromatic carbocycles. The lowest BCUT2D eigenvalue weighted by Gasteiger charge is -2.21. The van der Waals surface area contributed by atoms with E-state index in [4.69, 9.17) is 5.21 Å². The van der Waals surface area contributed by atoms with E-state index in [2.05, 4.69) is 32.2 Å². The molecule has 0 atom stereocenters. The molecule has 2 aromatic heterocycles. The van der Waals surface area contributed by atoms with Crippen molar-refractivity contribution in [2.24, 2.45) is 5.92 Å². The van der Waals surface area contributed by atoms with Crippen LogP contribution < -0.4 is 10.8 Å². The molecule has 7 heteroatoms. The second kappa shape index (κ2) is 8.62. The number of anilines is 2. The molecule has 1 saturated carbocycles. The maximum Gasteiger partial charge on any atom is 0.267 e. The zero-order valence-corrected chi connectivity index (χ0v) is 15.0. The molecule has 3 N–H and O–H groups in total. The fraction of sp³-hybridized carbons (Fsp3) is 0.421. The van der Waals surface area contributed by atoms with Crippen molar-refractivity contribution in [3.63, 3.8) is 0 Å². The van der Waals surface area contributed by atoms with E-state index in [0.717, 1.165) is 23.8 Å². The Balaban J connectivity index is 1.61. The van der Waals surface area contributed by atoms with E-state index >= 15 is 0 Å². The Morgan fingerprint density at radius 3 is 2.92 bits per heavy atom. The molecule has 0 bridgehead atoms. The average Bonchev–Trinajstić information content (AvgIpc) is 3.08. The third-order valence-corrected chi connectivity index (χ3v) is 4.74. The van der Waals surface area contributed by atoms with Gasteiger partial charge in [0.25, 0.3) is 5.91 Å². The fourth-order valence-electron chi connectivity index (χ4n) is 3.33. The number of hydroxylamine groups is 1. The Labute approximate surface area is 153 Å². The molecule has 26 heavy (non-hydrogen) atoms. The van der Waals surface area contributed by atoms with Gasteiger partial charge in [0.1, 0.15) is 0 Å². The van der Waals surface area contributed by atoms with Crippen LogP contribution in [0.3, 0.4) is 0 Å². The molecule has 0 unspecified atom stereocenters. The van der Waals surface area contributed by atoms with Crippen molar-refractivity contribution < 1.29 is 10.0 Å². The number of aromatic nitrogens is 3. The van der Waals surface area contributed by atoms with Gasteiger partial charge in [-0.05, 0) is 37.8 Å². The van der Waals surface area contributed by atoms with E-state index < -0.39 is 5.91 Å². The number of rotatable bonds is 6. The second-order valence-corrected chi connectivity index (χ2v) is 6.77. The van der Waals surface area contributed by atoms with Gasteiger partial charge < -0.3 is 9.88 Å². The van der Waals surface area contributed by atoms with Gasteiger partial charge in [-0.2, -0.15) is 0 Å². The normalized spacial score (nSPS) is 15.3. The predicted molar refractivity (Wildman–Crippen MR) is 100 cm³/mol. The van der Waals surface area contributed by atoms with Crippen LogP contribution in [0.15, 0.2) is 30.7 Å². The summed E-state index contributed by atoms with van der Waals surface area (Å²) in [6.45, 7) is 2.91. The Bertz CT molecular complexity index is 778. The van der Waals surface area contributed by atoms with Crippen LogP contribution in [0.1, 0.15) is 43.4 Å². The second-order valence-electron chi connectivity index (χ2n) is 6.77. The van der Waals surface area contributed by atoms with Crippen molar-refractivity contribution >= 4 is 23.6 Å². The molecule has 7 nitrogen and oxygen atoms in total. The molecule has 0 saturated heterocycles. The minimum Gasteiger partial charge on any atom is -0.352 e. The van der Waals surface area contributed by atoms with Gasteiger partial charge in [-0.15, -0.1) is 0 Å². The third kappa shape index (κ3) is 4.92. The van der Waals surface area contributed by atoms with Crippen LogP contribution in [0.25, 0.3) is 6.08 Å². The fourth-order valence-corrected chi connectivity index (χ4v) is 3.33. The highest BCUT2D eigenvalue weighted by Crippen LogP contribution is 2.26. The van der Waals surface area contributed by atoms with Crippen LogP contribution in [0, 0.1) is 12.8 Å². The molecular weight excluding hydrogens is 330 g/mol. The predicted octanol–water partition coefficient (Wildman–Crippen LogP) is 3.43. The number of hydrogen-bond acceptors (Lipinski definition) is 5. The van der Waals surface area contributed by atoms with Gasteiger partial charge in [0.15, 0.2) is 0 Å². The number of nitrogens with zero attached hydrogens (tertiary/aromatic N) is 3. The number of amides is 1. The zero-order valence-electron chi connectivity index (χ0n) is 15.0. The van der Waals surface area contributed by atoms with Gasteiger partial charge in [0, 0.05) is 36.8 Å². The quantitative estimate of drug-likeness (QED) is 0.419. The Morgan fingerprint density at radius 2 is 2.19 bits per heavy atom. The average molecular weight is 355 g/mol. The highest BCUT2D eigenvalue weighted by Gasteiger charge is 2.14. The van der Waals surface area contributed by atoms with E-state index in [9.17, 15) is 4.79 Å². The molecule has 0 aliphatic heterocycles.